The Balaban J connectivity index is 3.13. The molecule has 0 aromatic rings. The van der Waals surface area contributed by atoms with Crippen LogP contribution in [-0.4, -0.2) is 23.2 Å². The van der Waals surface area contributed by atoms with Crippen molar-refractivity contribution >= 4 is 34.5 Å². The Kier molecular flexibility index (Phi) is 14.9. The van der Waals surface area contributed by atoms with Crippen LogP contribution in [0.15, 0.2) is 0 Å². The zero-order valence-electron chi connectivity index (χ0n) is 12.2. The van der Waals surface area contributed by atoms with Gasteiger partial charge in [0.2, 0.25) is 0 Å². The number of esters is 1. The molecule has 0 aliphatic heterocycles. The summed E-state index contributed by atoms with van der Waals surface area (Å²) in [6.07, 6.45) is 12.1. The van der Waals surface area contributed by atoms with Crippen molar-refractivity contribution < 1.29 is 9.53 Å². The predicted octanol–water partition coefficient (Wildman–Crippen LogP) is 5.14. The Morgan fingerprint density at radius 1 is 1.00 bits per heavy atom. The molecule has 1 unspecified atom stereocenters. The number of thiol groups is 1. The molecule has 4 heteroatoms. The molecule has 0 heterocycles. The summed E-state index contributed by atoms with van der Waals surface area (Å²) in [5.41, 5.74) is 0. The number of alkyl halides is 1. The van der Waals surface area contributed by atoms with Crippen molar-refractivity contribution in [3.8, 4) is 0 Å². The van der Waals surface area contributed by atoms with Crippen LogP contribution in [0.1, 0.15) is 71.1 Å². The van der Waals surface area contributed by atoms with E-state index >= 15 is 0 Å². The molecule has 19 heavy (non-hydrogen) atoms. The summed E-state index contributed by atoms with van der Waals surface area (Å²) in [5.74, 6) is 0.901. The van der Waals surface area contributed by atoms with Crippen LogP contribution in [0.2, 0.25) is 0 Å². The van der Waals surface area contributed by atoms with Crippen LogP contribution in [0, 0.1) is 0 Å². The summed E-state index contributed by atoms with van der Waals surface area (Å²) in [6.45, 7) is 2.54. The van der Waals surface area contributed by atoms with Crippen molar-refractivity contribution in [3.63, 3.8) is 0 Å². The second kappa shape index (κ2) is 14.7. The van der Waals surface area contributed by atoms with E-state index in [1.165, 1.54) is 51.4 Å². The minimum atomic E-state index is -0.134. The average molecular weight is 353 g/mol. The Hall–Kier alpha value is 0.300. The van der Waals surface area contributed by atoms with E-state index in [0.717, 1.165) is 18.6 Å². The number of carbonyl (C=O) groups is 1. The van der Waals surface area contributed by atoms with Crippen LogP contribution in [0.3, 0.4) is 0 Å². The Morgan fingerprint density at radius 3 is 1.95 bits per heavy atom. The van der Waals surface area contributed by atoms with Gasteiger partial charge in [-0.15, -0.1) is 0 Å². The van der Waals surface area contributed by atoms with Crippen molar-refractivity contribution in [1.82, 2.24) is 0 Å². The largest absolute Gasteiger partial charge is 0.465 e. The summed E-state index contributed by atoms with van der Waals surface area (Å²) in [5, 5.41) is 0. The van der Waals surface area contributed by atoms with Crippen LogP contribution in [-0.2, 0) is 9.53 Å². The first-order valence-corrected chi connectivity index (χ1v) is 9.18. The molecule has 1 atom stereocenters. The molecule has 0 aliphatic rings. The van der Waals surface area contributed by atoms with E-state index in [1.54, 1.807) is 0 Å². The summed E-state index contributed by atoms with van der Waals surface area (Å²) in [7, 11) is 0. The highest BCUT2D eigenvalue weighted by Gasteiger charge is 2.12. The normalized spacial score (nSPS) is 12.4. The fourth-order valence-electron chi connectivity index (χ4n) is 1.88. The first-order valence-electron chi connectivity index (χ1n) is 7.64. The van der Waals surface area contributed by atoms with E-state index in [4.69, 9.17) is 4.74 Å². The van der Waals surface area contributed by atoms with Gasteiger partial charge in [-0.2, -0.15) is 12.6 Å². The fourth-order valence-corrected chi connectivity index (χ4v) is 2.24. The molecular formula is C15H29BrO2S. The molecule has 0 N–H and O–H groups in total. The molecule has 0 aromatic carbocycles. The lowest BCUT2D eigenvalue weighted by molar-refractivity contribution is -0.142. The van der Waals surface area contributed by atoms with E-state index in [-0.39, 0.29) is 10.8 Å². The van der Waals surface area contributed by atoms with Gasteiger partial charge < -0.3 is 4.74 Å². The molecule has 0 aliphatic carbocycles. The first kappa shape index (κ1) is 19.3. The summed E-state index contributed by atoms with van der Waals surface area (Å²) in [4.78, 5) is 11.2. The fraction of sp³-hybridized carbons (Fsp3) is 0.933. The second-order valence-corrected chi connectivity index (χ2v) is 6.50. The van der Waals surface area contributed by atoms with E-state index in [0.29, 0.717) is 6.61 Å². The zero-order chi connectivity index (χ0) is 14.3. The van der Waals surface area contributed by atoms with Gasteiger partial charge in [-0.25, -0.2) is 0 Å². The van der Waals surface area contributed by atoms with Crippen molar-refractivity contribution in [2.75, 3.05) is 12.4 Å². The lowest BCUT2D eigenvalue weighted by Crippen LogP contribution is -2.16. The highest BCUT2D eigenvalue weighted by atomic mass is 79.9. The molecule has 0 aromatic heterocycles. The molecule has 0 spiro atoms. The minimum Gasteiger partial charge on any atom is -0.465 e. The van der Waals surface area contributed by atoms with Crippen LogP contribution in [0.4, 0.5) is 0 Å². The topological polar surface area (TPSA) is 26.3 Å². The maximum Gasteiger partial charge on any atom is 0.319 e. The van der Waals surface area contributed by atoms with Gasteiger partial charge in [0.25, 0.3) is 0 Å². The standard InChI is InChI=1S/C15H29BrO2S/c1-2-14(16)15(17)18-12-10-8-6-4-3-5-7-9-11-13-19/h14,19H,2-13H2,1H3. The number of ether oxygens (including phenoxy) is 1. The molecule has 0 radical (unpaired) electrons. The van der Waals surface area contributed by atoms with Gasteiger partial charge >= 0.3 is 5.97 Å². The number of hydrogen-bond acceptors (Lipinski definition) is 3. The van der Waals surface area contributed by atoms with Gasteiger partial charge in [0, 0.05) is 0 Å². The van der Waals surface area contributed by atoms with Gasteiger partial charge in [-0.3, -0.25) is 4.79 Å². The van der Waals surface area contributed by atoms with Crippen LogP contribution < -0.4 is 0 Å². The molecule has 2 nitrogen and oxygen atoms in total. The summed E-state index contributed by atoms with van der Waals surface area (Å²) >= 11 is 7.50. The van der Waals surface area contributed by atoms with E-state index in [2.05, 4.69) is 28.6 Å². The number of carbonyl (C=O) groups excluding carboxylic acids is 1. The third kappa shape index (κ3) is 13.1. The third-order valence-electron chi connectivity index (χ3n) is 3.16. The quantitative estimate of drug-likeness (QED) is 0.215. The Labute approximate surface area is 132 Å². The molecule has 0 saturated carbocycles. The second-order valence-electron chi connectivity index (χ2n) is 4.95. The molecular weight excluding hydrogens is 324 g/mol. The lowest BCUT2D eigenvalue weighted by Gasteiger charge is -2.07. The molecule has 0 rings (SSSR count). The summed E-state index contributed by atoms with van der Waals surface area (Å²) in [6, 6.07) is 0. The maximum absolute atomic E-state index is 11.4. The number of hydrogen-bond donors (Lipinski definition) is 1. The van der Waals surface area contributed by atoms with Gasteiger partial charge in [0.15, 0.2) is 0 Å². The van der Waals surface area contributed by atoms with E-state index in [9.17, 15) is 4.79 Å². The molecule has 0 bridgehead atoms. The van der Waals surface area contributed by atoms with Crippen LogP contribution in [0.25, 0.3) is 0 Å². The van der Waals surface area contributed by atoms with Crippen molar-refractivity contribution in [3.05, 3.63) is 0 Å². The lowest BCUT2D eigenvalue weighted by atomic mass is 10.1. The number of halogens is 1. The smallest absolute Gasteiger partial charge is 0.319 e. The van der Waals surface area contributed by atoms with Gasteiger partial charge in [0.05, 0.1) is 6.61 Å². The maximum atomic E-state index is 11.4. The number of unbranched alkanes of at least 4 members (excludes halogenated alkanes) is 8. The zero-order valence-corrected chi connectivity index (χ0v) is 14.7. The minimum absolute atomic E-state index is 0.119. The Bertz CT molecular complexity index is 212. The highest BCUT2D eigenvalue weighted by Crippen LogP contribution is 2.11. The number of rotatable bonds is 13. The predicted molar refractivity (Wildman–Crippen MR) is 89.4 cm³/mol. The van der Waals surface area contributed by atoms with Crippen LogP contribution in [0.5, 0.6) is 0 Å². The van der Waals surface area contributed by atoms with Gasteiger partial charge in [-0.05, 0) is 25.0 Å². The van der Waals surface area contributed by atoms with Crippen molar-refractivity contribution in [2.45, 2.75) is 76.0 Å². The first-order chi connectivity index (χ1) is 9.22. The van der Waals surface area contributed by atoms with Crippen molar-refractivity contribution in [2.24, 2.45) is 0 Å². The molecule has 0 saturated heterocycles. The van der Waals surface area contributed by atoms with Gasteiger partial charge in [-0.1, -0.05) is 67.8 Å². The highest BCUT2D eigenvalue weighted by molar-refractivity contribution is 9.10. The van der Waals surface area contributed by atoms with Crippen LogP contribution >= 0.6 is 28.6 Å². The Morgan fingerprint density at radius 2 is 1.47 bits per heavy atom. The van der Waals surface area contributed by atoms with E-state index < -0.39 is 0 Å². The monoisotopic (exact) mass is 352 g/mol. The third-order valence-corrected chi connectivity index (χ3v) is 4.50. The van der Waals surface area contributed by atoms with E-state index in [1.807, 2.05) is 6.92 Å². The molecule has 0 fully saturated rings. The van der Waals surface area contributed by atoms with Gasteiger partial charge in [0.1, 0.15) is 4.83 Å². The summed E-state index contributed by atoms with van der Waals surface area (Å²) < 4.78 is 5.17. The van der Waals surface area contributed by atoms with Crippen molar-refractivity contribution in [1.29, 1.82) is 0 Å². The average Bonchev–Trinajstić information content (AvgIpc) is 2.43. The molecule has 114 valence electrons. The molecule has 0 amide bonds. The SMILES string of the molecule is CCC(Br)C(=O)OCCCCCCCCCCCS.